The van der Waals surface area contributed by atoms with Gasteiger partial charge in [0.05, 0.1) is 10.5 Å². The molecule has 0 aliphatic heterocycles. The fourth-order valence-electron chi connectivity index (χ4n) is 2.89. The van der Waals surface area contributed by atoms with Crippen LogP contribution in [0.1, 0.15) is 31.0 Å². The van der Waals surface area contributed by atoms with Gasteiger partial charge in [0.1, 0.15) is 5.82 Å². The lowest BCUT2D eigenvalue weighted by Crippen LogP contribution is -2.48. The molecule has 0 radical (unpaired) electrons. The van der Waals surface area contributed by atoms with Gasteiger partial charge in [-0.25, -0.2) is 4.39 Å². The Morgan fingerprint density at radius 3 is 2.65 bits per heavy atom. The molecular formula is C20H20Cl2FN3. The predicted octanol–water partition coefficient (Wildman–Crippen LogP) is 5.25. The molecule has 136 valence electrons. The molecule has 0 spiro atoms. The van der Waals surface area contributed by atoms with Crippen molar-refractivity contribution in [2.45, 2.75) is 32.0 Å². The monoisotopic (exact) mass is 391 g/mol. The highest BCUT2D eigenvalue weighted by Crippen LogP contribution is 2.30. The Bertz CT molecular complexity index is 943. The van der Waals surface area contributed by atoms with Gasteiger partial charge in [-0.3, -0.25) is 4.98 Å². The largest absolute Gasteiger partial charge is 0.322 e. The van der Waals surface area contributed by atoms with Crippen molar-refractivity contribution in [3.63, 3.8) is 0 Å². The molecule has 0 aliphatic carbocycles. The van der Waals surface area contributed by atoms with Crippen molar-refractivity contribution in [3.8, 4) is 0 Å². The van der Waals surface area contributed by atoms with Gasteiger partial charge in [-0.2, -0.15) is 0 Å². The van der Waals surface area contributed by atoms with E-state index >= 15 is 0 Å². The summed E-state index contributed by atoms with van der Waals surface area (Å²) in [5.74, 6) is -0.426. The number of rotatable bonds is 5. The second-order valence-corrected chi connectivity index (χ2v) is 7.71. The molecule has 3 aromatic rings. The Labute approximate surface area is 162 Å². The Morgan fingerprint density at radius 2 is 1.92 bits per heavy atom. The lowest BCUT2D eigenvalue weighted by molar-refractivity contribution is 0.322. The third-order valence-corrected chi connectivity index (χ3v) is 5.12. The smallest absolute Gasteiger partial charge is 0.142 e. The first-order chi connectivity index (χ1) is 12.3. The van der Waals surface area contributed by atoms with Gasteiger partial charge in [0.25, 0.3) is 0 Å². The molecule has 1 unspecified atom stereocenters. The van der Waals surface area contributed by atoms with E-state index < -0.39 is 11.4 Å². The van der Waals surface area contributed by atoms with Crippen molar-refractivity contribution in [2.24, 2.45) is 5.73 Å². The Kier molecular flexibility index (Phi) is 5.49. The van der Waals surface area contributed by atoms with Gasteiger partial charge in [0, 0.05) is 34.7 Å². The zero-order chi connectivity index (χ0) is 18.9. The van der Waals surface area contributed by atoms with Gasteiger partial charge < -0.3 is 11.1 Å². The van der Waals surface area contributed by atoms with Gasteiger partial charge in [-0.15, -0.1) is 0 Å². The number of hydrogen-bond acceptors (Lipinski definition) is 3. The normalized spacial score (nSPS) is 13.2. The van der Waals surface area contributed by atoms with Crippen molar-refractivity contribution in [2.75, 3.05) is 0 Å². The van der Waals surface area contributed by atoms with E-state index in [1.807, 2.05) is 38.1 Å². The minimum absolute atomic E-state index is 0.117. The minimum Gasteiger partial charge on any atom is -0.322 e. The Hall–Kier alpha value is -1.72. The topological polar surface area (TPSA) is 50.9 Å². The molecule has 2 aromatic carbocycles. The van der Waals surface area contributed by atoms with E-state index in [1.54, 1.807) is 18.3 Å². The number of halogens is 3. The van der Waals surface area contributed by atoms with E-state index in [2.05, 4.69) is 10.3 Å². The predicted molar refractivity (Wildman–Crippen MR) is 106 cm³/mol. The van der Waals surface area contributed by atoms with Crippen molar-refractivity contribution < 1.29 is 4.39 Å². The zero-order valence-corrected chi connectivity index (χ0v) is 16.1. The van der Waals surface area contributed by atoms with Crippen LogP contribution in [-0.4, -0.2) is 10.5 Å². The van der Waals surface area contributed by atoms with Crippen LogP contribution in [-0.2, 0) is 6.54 Å². The maximum atomic E-state index is 13.6. The lowest BCUT2D eigenvalue weighted by atomic mass is 9.87. The van der Waals surface area contributed by atoms with Gasteiger partial charge in [-0.05, 0) is 55.3 Å². The third kappa shape index (κ3) is 3.99. The summed E-state index contributed by atoms with van der Waals surface area (Å²) in [5.41, 5.74) is 8.73. The highest BCUT2D eigenvalue weighted by atomic mass is 35.5. The van der Waals surface area contributed by atoms with Crippen LogP contribution in [0.2, 0.25) is 10.0 Å². The Morgan fingerprint density at radius 1 is 1.15 bits per heavy atom. The van der Waals surface area contributed by atoms with Gasteiger partial charge in [-0.1, -0.05) is 35.3 Å². The van der Waals surface area contributed by atoms with Gasteiger partial charge in [0.15, 0.2) is 0 Å². The molecule has 0 amide bonds. The average Bonchev–Trinajstić information content (AvgIpc) is 2.61. The van der Waals surface area contributed by atoms with Crippen LogP contribution in [0, 0.1) is 5.82 Å². The van der Waals surface area contributed by atoms with Gasteiger partial charge in [0.2, 0.25) is 0 Å². The number of aromatic nitrogens is 1. The summed E-state index contributed by atoms with van der Waals surface area (Å²) in [6.45, 7) is 4.52. The molecule has 1 atom stereocenters. The average molecular weight is 392 g/mol. The fraction of sp³-hybridized carbons (Fsp3) is 0.250. The number of hydrogen-bond donors (Lipinski definition) is 2. The Balaban J connectivity index is 1.83. The first kappa shape index (κ1) is 19.1. The third-order valence-electron chi connectivity index (χ3n) is 4.58. The van der Waals surface area contributed by atoms with Crippen molar-refractivity contribution in [1.82, 2.24) is 10.3 Å². The van der Waals surface area contributed by atoms with Crippen LogP contribution in [0.5, 0.6) is 0 Å². The number of nitrogens with two attached hydrogens (primary N) is 1. The van der Waals surface area contributed by atoms with Crippen LogP contribution in [0.3, 0.4) is 0 Å². The maximum Gasteiger partial charge on any atom is 0.142 e. The summed E-state index contributed by atoms with van der Waals surface area (Å²) in [7, 11) is 0. The quantitative estimate of drug-likeness (QED) is 0.624. The van der Waals surface area contributed by atoms with Crippen LogP contribution >= 0.6 is 23.2 Å². The minimum atomic E-state index is -0.440. The number of nitrogens with zero attached hydrogens (tertiary/aromatic N) is 1. The summed E-state index contributed by atoms with van der Waals surface area (Å²) in [6, 6.07) is 12.0. The van der Waals surface area contributed by atoms with Crippen molar-refractivity contribution in [3.05, 3.63) is 75.7 Å². The van der Waals surface area contributed by atoms with E-state index in [4.69, 9.17) is 28.9 Å². The summed E-state index contributed by atoms with van der Waals surface area (Å²) >= 11 is 11.8. The van der Waals surface area contributed by atoms with Crippen LogP contribution in [0.25, 0.3) is 10.9 Å². The zero-order valence-electron chi connectivity index (χ0n) is 14.6. The van der Waals surface area contributed by atoms with E-state index in [0.29, 0.717) is 11.6 Å². The molecule has 6 heteroatoms. The highest BCUT2D eigenvalue weighted by molar-refractivity contribution is 6.31. The molecule has 1 heterocycles. The first-order valence-corrected chi connectivity index (χ1v) is 9.02. The molecule has 3 nitrogen and oxygen atoms in total. The molecule has 1 aromatic heterocycles. The van der Waals surface area contributed by atoms with Crippen molar-refractivity contribution in [1.29, 1.82) is 0 Å². The lowest BCUT2D eigenvalue weighted by Gasteiger charge is -2.34. The molecule has 26 heavy (non-hydrogen) atoms. The first-order valence-electron chi connectivity index (χ1n) is 8.26. The van der Waals surface area contributed by atoms with Gasteiger partial charge >= 0.3 is 0 Å². The van der Waals surface area contributed by atoms with E-state index in [9.17, 15) is 4.39 Å². The summed E-state index contributed by atoms with van der Waals surface area (Å²) in [4.78, 5) is 4.36. The molecule has 0 bridgehead atoms. The van der Waals surface area contributed by atoms with Crippen molar-refractivity contribution >= 4 is 34.1 Å². The second kappa shape index (κ2) is 7.49. The maximum absolute atomic E-state index is 13.6. The molecule has 0 saturated carbocycles. The highest BCUT2D eigenvalue weighted by Gasteiger charge is 2.28. The second-order valence-electron chi connectivity index (χ2n) is 6.86. The van der Waals surface area contributed by atoms with Crippen LogP contribution in [0.15, 0.2) is 48.7 Å². The molecule has 0 fully saturated rings. The molecule has 0 aliphatic rings. The van der Waals surface area contributed by atoms with Crippen LogP contribution < -0.4 is 11.1 Å². The van der Waals surface area contributed by atoms with E-state index in [-0.39, 0.29) is 11.1 Å². The standard InChI is InChI=1S/C20H20Cl2FN3/c1-20(2,26-11-12-3-6-16(22)17(23)9-12)19(24)15-7-8-25-18-10-13(21)4-5-14(15)18/h3-10,19,26H,11,24H2,1-2H3. The number of benzene rings is 2. The number of pyridine rings is 1. The molecular weight excluding hydrogens is 372 g/mol. The van der Waals surface area contributed by atoms with Crippen LogP contribution in [0.4, 0.5) is 4.39 Å². The van der Waals surface area contributed by atoms with E-state index in [1.165, 1.54) is 6.07 Å². The summed E-state index contributed by atoms with van der Waals surface area (Å²) in [6.07, 6.45) is 1.73. The number of nitrogens with one attached hydrogen (secondary N) is 1. The summed E-state index contributed by atoms with van der Waals surface area (Å²) in [5, 5.41) is 5.14. The SMILES string of the molecule is CC(C)(NCc1ccc(Cl)c(F)c1)C(N)c1ccnc2cc(Cl)ccc12. The fourth-order valence-corrected chi connectivity index (χ4v) is 3.18. The molecule has 3 rings (SSSR count). The number of fused-ring (bicyclic) bond motifs is 1. The van der Waals surface area contributed by atoms with E-state index in [0.717, 1.165) is 22.0 Å². The molecule has 0 saturated heterocycles. The summed E-state index contributed by atoms with van der Waals surface area (Å²) < 4.78 is 13.6. The molecule has 3 N–H and O–H groups in total.